The molecule has 11 heteroatoms. The van der Waals surface area contributed by atoms with E-state index >= 15 is 0 Å². The number of aromatic nitrogens is 3. The number of hydrogen-bond donors (Lipinski definition) is 2. The minimum atomic E-state index is -0.959. The molecule has 40 heavy (non-hydrogen) atoms. The molecule has 0 radical (unpaired) electrons. The molecule has 0 saturated heterocycles. The van der Waals surface area contributed by atoms with Gasteiger partial charge < -0.3 is 19.7 Å². The normalized spacial score (nSPS) is 11.4. The Bertz CT molecular complexity index is 1470. The molecule has 4 aromatic rings. The standard InChI is InChI=1S/C29H31N5O5.ClH/c1-4-19(28(36)37)18-34(25-8-6-7-15-30-25)27(35)21-11-14-24-23(16-21)32-26(33(24)3)17-31-22-12-9-20(10-13-22)29(38)39-5-2;/h6-16,19,31H,4-5,17-18H2,1-3H3,(H,36,37);1H. The first-order chi connectivity index (χ1) is 18.8. The van der Waals surface area contributed by atoms with Crippen LogP contribution in [0.5, 0.6) is 0 Å². The van der Waals surface area contributed by atoms with Crippen molar-refractivity contribution in [3.8, 4) is 0 Å². The van der Waals surface area contributed by atoms with Crippen molar-refractivity contribution < 1.29 is 24.2 Å². The van der Waals surface area contributed by atoms with Gasteiger partial charge in [0, 0.05) is 31.0 Å². The highest BCUT2D eigenvalue weighted by atomic mass is 35.5. The molecule has 10 nitrogen and oxygen atoms in total. The number of imidazole rings is 1. The van der Waals surface area contributed by atoms with E-state index in [2.05, 4.69) is 10.3 Å². The summed E-state index contributed by atoms with van der Waals surface area (Å²) in [6.45, 7) is 4.29. The summed E-state index contributed by atoms with van der Waals surface area (Å²) in [5.41, 5.74) is 3.18. The van der Waals surface area contributed by atoms with Gasteiger partial charge in [0.2, 0.25) is 0 Å². The van der Waals surface area contributed by atoms with Crippen molar-refractivity contribution in [3.05, 3.63) is 83.8 Å². The van der Waals surface area contributed by atoms with Crippen molar-refractivity contribution in [1.82, 2.24) is 14.5 Å². The number of carbonyl (C=O) groups excluding carboxylic acids is 2. The van der Waals surface area contributed by atoms with Crippen LogP contribution >= 0.6 is 12.4 Å². The summed E-state index contributed by atoms with van der Waals surface area (Å²) in [5, 5.41) is 12.9. The number of carboxylic acids is 1. The van der Waals surface area contributed by atoms with Crippen LogP contribution in [0.1, 0.15) is 46.8 Å². The third-order valence-corrected chi connectivity index (χ3v) is 6.48. The number of hydrogen-bond acceptors (Lipinski definition) is 7. The Balaban J connectivity index is 0.00000441. The van der Waals surface area contributed by atoms with E-state index in [0.717, 1.165) is 17.0 Å². The van der Waals surface area contributed by atoms with E-state index in [-0.39, 0.29) is 30.8 Å². The summed E-state index contributed by atoms with van der Waals surface area (Å²) in [4.78, 5) is 47.6. The second-order valence-electron chi connectivity index (χ2n) is 8.99. The van der Waals surface area contributed by atoms with Gasteiger partial charge in [0.15, 0.2) is 0 Å². The van der Waals surface area contributed by atoms with Crippen LogP contribution in [0.15, 0.2) is 66.9 Å². The van der Waals surface area contributed by atoms with Gasteiger partial charge in [0.25, 0.3) is 5.91 Å². The summed E-state index contributed by atoms with van der Waals surface area (Å²) in [6, 6.07) is 17.5. The molecule has 0 aliphatic rings. The van der Waals surface area contributed by atoms with Gasteiger partial charge in [-0.15, -0.1) is 12.4 Å². The number of esters is 1. The minimum absolute atomic E-state index is 0. The predicted octanol–water partition coefficient (Wildman–Crippen LogP) is 4.94. The molecule has 2 heterocycles. The highest BCUT2D eigenvalue weighted by Gasteiger charge is 2.26. The third kappa shape index (κ3) is 6.76. The first-order valence-electron chi connectivity index (χ1n) is 12.7. The molecule has 0 aliphatic heterocycles. The highest BCUT2D eigenvalue weighted by Crippen LogP contribution is 2.22. The van der Waals surface area contributed by atoms with Crippen molar-refractivity contribution >= 4 is 52.8 Å². The number of aliphatic carboxylic acids is 1. The van der Waals surface area contributed by atoms with Crippen LogP contribution in [0.3, 0.4) is 0 Å². The number of amides is 1. The lowest BCUT2D eigenvalue weighted by Gasteiger charge is -2.24. The average molecular weight is 566 g/mol. The molecule has 0 bridgehead atoms. The second kappa shape index (κ2) is 13.6. The lowest BCUT2D eigenvalue weighted by atomic mass is 10.1. The molecule has 210 valence electrons. The SMILES string of the molecule is CCOC(=O)c1ccc(NCc2nc3cc(C(=O)N(CC(CC)C(=O)O)c4ccccn4)ccc3n2C)cc1.Cl. The molecule has 4 rings (SSSR count). The van der Waals surface area contributed by atoms with Crippen LogP contribution in [0, 0.1) is 5.92 Å². The van der Waals surface area contributed by atoms with Crippen molar-refractivity contribution in [1.29, 1.82) is 0 Å². The van der Waals surface area contributed by atoms with Crippen LogP contribution in [0.25, 0.3) is 11.0 Å². The summed E-state index contributed by atoms with van der Waals surface area (Å²) >= 11 is 0. The van der Waals surface area contributed by atoms with Crippen molar-refractivity contribution in [3.63, 3.8) is 0 Å². The smallest absolute Gasteiger partial charge is 0.338 e. The van der Waals surface area contributed by atoms with Crippen LogP contribution in [-0.4, -0.2) is 50.6 Å². The first-order valence-corrected chi connectivity index (χ1v) is 12.7. The third-order valence-electron chi connectivity index (χ3n) is 6.48. The molecule has 0 spiro atoms. The van der Waals surface area contributed by atoms with Gasteiger partial charge in [-0.2, -0.15) is 0 Å². The zero-order chi connectivity index (χ0) is 27.9. The summed E-state index contributed by atoms with van der Waals surface area (Å²) in [7, 11) is 1.90. The molecular weight excluding hydrogens is 534 g/mol. The first kappa shape index (κ1) is 30.1. The molecule has 1 atom stereocenters. The lowest BCUT2D eigenvalue weighted by molar-refractivity contribution is -0.141. The molecular formula is C29H32ClN5O5. The van der Waals surface area contributed by atoms with Crippen molar-refractivity contribution in [2.45, 2.75) is 26.8 Å². The van der Waals surface area contributed by atoms with Crippen LogP contribution in [0.4, 0.5) is 11.5 Å². The zero-order valence-electron chi connectivity index (χ0n) is 22.5. The minimum Gasteiger partial charge on any atom is -0.481 e. The Kier molecular flexibility index (Phi) is 10.2. The summed E-state index contributed by atoms with van der Waals surface area (Å²) in [6.07, 6.45) is 1.95. The number of pyridine rings is 1. The number of aryl methyl sites for hydroxylation is 1. The number of benzene rings is 2. The Hall–Kier alpha value is -4.44. The number of rotatable bonds is 11. The number of nitrogens with zero attached hydrogens (tertiary/aromatic N) is 4. The van der Waals surface area contributed by atoms with Gasteiger partial charge in [-0.3, -0.25) is 14.5 Å². The molecule has 0 saturated carbocycles. The van der Waals surface area contributed by atoms with Crippen molar-refractivity contribution in [2.24, 2.45) is 13.0 Å². The zero-order valence-corrected chi connectivity index (χ0v) is 23.4. The number of nitrogens with one attached hydrogen (secondary N) is 1. The molecule has 2 aromatic carbocycles. The van der Waals surface area contributed by atoms with E-state index in [4.69, 9.17) is 9.72 Å². The maximum absolute atomic E-state index is 13.6. The van der Waals surface area contributed by atoms with Gasteiger partial charge in [-0.05, 0) is 67.9 Å². The van der Waals surface area contributed by atoms with E-state index in [1.54, 1.807) is 74.6 Å². The van der Waals surface area contributed by atoms with E-state index < -0.39 is 11.9 Å². The van der Waals surface area contributed by atoms with Gasteiger partial charge in [0.1, 0.15) is 11.6 Å². The van der Waals surface area contributed by atoms with Crippen LogP contribution in [-0.2, 0) is 23.1 Å². The number of ether oxygens (including phenoxy) is 1. The number of fused-ring (bicyclic) bond motifs is 1. The number of carbonyl (C=O) groups is 3. The molecule has 2 N–H and O–H groups in total. The van der Waals surface area contributed by atoms with Crippen LogP contribution < -0.4 is 10.2 Å². The Labute approximate surface area is 238 Å². The molecule has 1 amide bonds. The van der Waals surface area contributed by atoms with Crippen LogP contribution in [0.2, 0.25) is 0 Å². The number of carboxylic acid groups (broad SMARTS) is 1. The maximum Gasteiger partial charge on any atom is 0.338 e. The average Bonchev–Trinajstić information content (AvgIpc) is 3.27. The molecule has 0 aliphatic carbocycles. The topological polar surface area (TPSA) is 127 Å². The van der Waals surface area contributed by atoms with E-state index in [1.165, 1.54) is 4.90 Å². The van der Waals surface area contributed by atoms with Gasteiger partial charge >= 0.3 is 11.9 Å². The second-order valence-corrected chi connectivity index (χ2v) is 8.99. The summed E-state index contributed by atoms with van der Waals surface area (Å²) in [5.74, 6) is -1.25. The van der Waals surface area contributed by atoms with E-state index in [9.17, 15) is 19.5 Å². The fourth-order valence-corrected chi connectivity index (χ4v) is 4.21. The number of anilines is 2. The fraction of sp³-hybridized carbons (Fsp3) is 0.276. The van der Waals surface area contributed by atoms with Gasteiger partial charge in [0.05, 0.1) is 35.7 Å². The number of halogens is 1. The Morgan fingerprint density at radius 3 is 2.40 bits per heavy atom. The van der Waals surface area contributed by atoms with E-state index in [1.807, 2.05) is 17.7 Å². The highest BCUT2D eigenvalue weighted by molar-refractivity contribution is 6.07. The molecule has 2 aromatic heterocycles. The monoisotopic (exact) mass is 565 g/mol. The Morgan fingerprint density at radius 1 is 1.05 bits per heavy atom. The van der Waals surface area contributed by atoms with E-state index in [0.29, 0.717) is 42.0 Å². The largest absolute Gasteiger partial charge is 0.481 e. The van der Waals surface area contributed by atoms with Gasteiger partial charge in [-0.25, -0.2) is 14.8 Å². The van der Waals surface area contributed by atoms with Crippen molar-refractivity contribution in [2.75, 3.05) is 23.4 Å². The summed E-state index contributed by atoms with van der Waals surface area (Å²) < 4.78 is 6.96. The molecule has 1 unspecified atom stereocenters. The molecule has 0 fully saturated rings. The predicted molar refractivity (Wildman–Crippen MR) is 155 cm³/mol. The fourth-order valence-electron chi connectivity index (χ4n) is 4.21. The Morgan fingerprint density at radius 2 is 1.77 bits per heavy atom. The van der Waals surface area contributed by atoms with Gasteiger partial charge in [-0.1, -0.05) is 13.0 Å². The quantitative estimate of drug-likeness (QED) is 0.245. The maximum atomic E-state index is 13.6. The lowest BCUT2D eigenvalue weighted by Crippen LogP contribution is -2.38.